The molecule has 1 aromatic rings. The molecule has 0 N–H and O–H groups in total. The quantitative estimate of drug-likeness (QED) is 0.800. The minimum atomic E-state index is -0.500. The summed E-state index contributed by atoms with van der Waals surface area (Å²) in [4.78, 5) is 13.6. The Hall–Kier alpha value is -0.550. The number of hydrogen-bond acceptors (Lipinski definition) is 4. The lowest BCUT2D eigenvalue weighted by Gasteiger charge is -2.28. The summed E-state index contributed by atoms with van der Waals surface area (Å²) in [6, 6.07) is 4.03. The number of halogens is 1. The fraction of sp³-hybridized carbons (Fsp3) is 0.545. The predicted molar refractivity (Wildman–Crippen MR) is 71.1 cm³/mol. The van der Waals surface area contributed by atoms with Crippen molar-refractivity contribution in [2.75, 3.05) is 25.6 Å². The van der Waals surface area contributed by atoms with E-state index in [0.29, 0.717) is 6.54 Å². The van der Waals surface area contributed by atoms with Gasteiger partial charge in [0.05, 0.1) is 21.3 Å². The van der Waals surface area contributed by atoms with Crippen molar-refractivity contribution in [1.82, 2.24) is 0 Å². The highest BCUT2D eigenvalue weighted by molar-refractivity contribution is 9.11. The zero-order valence-corrected chi connectivity index (χ0v) is 12.3. The first-order chi connectivity index (χ1) is 7.36. The number of thiophene rings is 1. The summed E-state index contributed by atoms with van der Waals surface area (Å²) in [6.45, 7) is 4.41. The molecule has 0 radical (unpaired) electrons. The van der Waals surface area contributed by atoms with Gasteiger partial charge in [-0.1, -0.05) is 0 Å². The molecule has 0 aromatic carbocycles. The Morgan fingerprint density at radius 1 is 1.56 bits per heavy atom. The Bertz CT molecular complexity index is 376. The number of rotatable bonds is 4. The van der Waals surface area contributed by atoms with Gasteiger partial charge in [-0.05, 0) is 41.9 Å². The SMILES string of the molecule is COC(=O)C(C)(C)CN(C)c1ccc(Br)s1. The molecule has 0 saturated heterocycles. The van der Waals surface area contributed by atoms with Crippen LogP contribution in [-0.4, -0.2) is 26.7 Å². The number of hydrogen-bond donors (Lipinski definition) is 0. The number of nitrogens with zero attached hydrogens (tertiary/aromatic N) is 1. The van der Waals surface area contributed by atoms with Crippen molar-refractivity contribution in [1.29, 1.82) is 0 Å². The number of methoxy groups -OCH3 is 1. The van der Waals surface area contributed by atoms with Crippen LogP contribution in [0, 0.1) is 5.41 Å². The maximum absolute atomic E-state index is 11.6. The molecule has 0 fully saturated rings. The predicted octanol–water partition coefficient (Wildman–Crippen LogP) is 3.15. The van der Waals surface area contributed by atoms with E-state index in [1.165, 1.54) is 7.11 Å². The van der Waals surface area contributed by atoms with E-state index in [0.717, 1.165) is 8.79 Å². The molecule has 0 saturated carbocycles. The van der Waals surface area contributed by atoms with Gasteiger partial charge in [0.25, 0.3) is 0 Å². The third-order valence-electron chi connectivity index (χ3n) is 2.31. The van der Waals surface area contributed by atoms with E-state index in [9.17, 15) is 4.79 Å². The van der Waals surface area contributed by atoms with Crippen molar-refractivity contribution in [3.05, 3.63) is 15.9 Å². The highest BCUT2D eigenvalue weighted by atomic mass is 79.9. The van der Waals surface area contributed by atoms with Crippen LogP contribution >= 0.6 is 27.3 Å². The van der Waals surface area contributed by atoms with Gasteiger partial charge in [-0.15, -0.1) is 11.3 Å². The Morgan fingerprint density at radius 3 is 2.62 bits per heavy atom. The van der Waals surface area contributed by atoms with Crippen LogP contribution < -0.4 is 4.90 Å². The first kappa shape index (κ1) is 13.5. The second-order valence-electron chi connectivity index (χ2n) is 4.31. The zero-order valence-electron chi connectivity index (χ0n) is 9.91. The largest absolute Gasteiger partial charge is 0.469 e. The van der Waals surface area contributed by atoms with Gasteiger partial charge < -0.3 is 9.64 Å². The van der Waals surface area contributed by atoms with Crippen LogP contribution in [0.1, 0.15) is 13.8 Å². The van der Waals surface area contributed by atoms with Gasteiger partial charge in [0, 0.05) is 13.6 Å². The lowest BCUT2D eigenvalue weighted by molar-refractivity contribution is -0.150. The van der Waals surface area contributed by atoms with Crippen LogP contribution in [-0.2, 0) is 9.53 Å². The Kier molecular flexibility index (Phi) is 4.38. The topological polar surface area (TPSA) is 29.5 Å². The molecule has 0 amide bonds. The van der Waals surface area contributed by atoms with Crippen LogP contribution in [0.3, 0.4) is 0 Å². The van der Waals surface area contributed by atoms with E-state index in [1.54, 1.807) is 11.3 Å². The molecule has 1 heterocycles. The molecule has 0 aliphatic heterocycles. The molecule has 0 atom stereocenters. The standard InChI is InChI=1S/C11H16BrNO2S/c1-11(2,10(14)15-4)7-13(3)9-6-5-8(12)16-9/h5-6H,7H2,1-4H3. The summed E-state index contributed by atoms with van der Waals surface area (Å²) >= 11 is 5.07. The second-order valence-corrected chi connectivity index (χ2v) is 6.75. The summed E-state index contributed by atoms with van der Waals surface area (Å²) in [5, 5.41) is 1.13. The minimum Gasteiger partial charge on any atom is -0.469 e. The number of carbonyl (C=O) groups is 1. The van der Waals surface area contributed by atoms with Gasteiger partial charge in [0.1, 0.15) is 0 Å². The number of esters is 1. The van der Waals surface area contributed by atoms with Gasteiger partial charge in [0.15, 0.2) is 0 Å². The molecule has 1 aromatic heterocycles. The average Bonchev–Trinajstić information content (AvgIpc) is 2.63. The molecule has 0 bridgehead atoms. The van der Waals surface area contributed by atoms with Crippen LogP contribution in [0.4, 0.5) is 5.00 Å². The Labute approximate surface area is 109 Å². The molecular formula is C11H16BrNO2S. The van der Waals surface area contributed by atoms with Crippen molar-refractivity contribution in [2.24, 2.45) is 5.41 Å². The number of anilines is 1. The molecular weight excluding hydrogens is 290 g/mol. The third-order valence-corrected chi connectivity index (χ3v) is 4.04. The highest BCUT2D eigenvalue weighted by Gasteiger charge is 2.30. The maximum atomic E-state index is 11.6. The molecule has 16 heavy (non-hydrogen) atoms. The number of carbonyl (C=O) groups excluding carboxylic acids is 1. The van der Waals surface area contributed by atoms with Crippen molar-refractivity contribution in [2.45, 2.75) is 13.8 Å². The van der Waals surface area contributed by atoms with E-state index in [4.69, 9.17) is 4.74 Å². The normalized spacial score (nSPS) is 11.3. The molecule has 0 spiro atoms. The Morgan fingerprint density at radius 2 is 2.19 bits per heavy atom. The fourth-order valence-corrected chi connectivity index (χ4v) is 2.84. The smallest absolute Gasteiger partial charge is 0.313 e. The molecule has 90 valence electrons. The molecule has 3 nitrogen and oxygen atoms in total. The average molecular weight is 306 g/mol. The molecule has 0 aliphatic carbocycles. The van der Waals surface area contributed by atoms with Crippen LogP contribution in [0.25, 0.3) is 0 Å². The lowest BCUT2D eigenvalue weighted by atomic mass is 9.93. The van der Waals surface area contributed by atoms with Gasteiger partial charge in [-0.2, -0.15) is 0 Å². The lowest BCUT2D eigenvalue weighted by Crippen LogP contribution is -2.37. The fourth-order valence-electron chi connectivity index (χ4n) is 1.52. The third kappa shape index (κ3) is 3.22. The molecule has 1 rings (SSSR count). The maximum Gasteiger partial charge on any atom is 0.313 e. The van der Waals surface area contributed by atoms with Gasteiger partial charge in [-0.25, -0.2) is 0 Å². The van der Waals surface area contributed by atoms with Crippen molar-refractivity contribution < 1.29 is 9.53 Å². The van der Waals surface area contributed by atoms with Gasteiger partial charge in [-0.3, -0.25) is 4.79 Å². The monoisotopic (exact) mass is 305 g/mol. The molecule has 0 unspecified atom stereocenters. The van der Waals surface area contributed by atoms with E-state index in [2.05, 4.69) is 20.8 Å². The van der Waals surface area contributed by atoms with Gasteiger partial charge in [0.2, 0.25) is 0 Å². The first-order valence-electron chi connectivity index (χ1n) is 4.92. The Balaban J connectivity index is 2.70. The summed E-state index contributed by atoms with van der Waals surface area (Å²) in [6.07, 6.45) is 0. The van der Waals surface area contributed by atoms with E-state index >= 15 is 0 Å². The van der Waals surface area contributed by atoms with Gasteiger partial charge >= 0.3 is 5.97 Å². The van der Waals surface area contributed by atoms with E-state index in [-0.39, 0.29) is 5.97 Å². The molecule has 0 aliphatic rings. The van der Waals surface area contributed by atoms with E-state index in [1.807, 2.05) is 33.0 Å². The number of ether oxygens (including phenoxy) is 1. The zero-order chi connectivity index (χ0) is 12.3. The van der Waals surface area contributed by atoms with Crippen LogP contribution in [0.5, 0.6) is 0 Å². The summed E-state index contributed by atoms with van der Waals surface area (Å²) < 4.78 is 5.87. The highest BCUT2D eigenvalue weighted by Crippen LogP contribution is 2.31. The van der Waals surface area contributed by atoms with Crippen LogP contribution in [0.15, 0.2) is 15.9 Å². The first-order valence-corrected chi connectivity index (χ1v) is 6.52. The van der Waals surface area contributed by atoms with Crippen LogP contribution in [0.2, 0.25) is 0 Å². The molecule has 5 heteroatoms. The summed E-state index contributed by atoms with van der Waals surface area (Å²) in [7, 11) is 3.40. The van der Waals surface area contributed by atoms with Crippen molar-refractivity contribution in [3.63, 3.8) is 0 Å². The second kappa shape index (κ2) is 5.19. The van der Waals surface area contributed by atoms with Crippen molar-refractivity contribution >= 4 is 38.2 Å². The minimum absolute atomic E-state index is 0.185. The summed E-state index contributed by atoms with van der Waals surface area (Å²) in [5.74, 6) is -0.185. The van der Waals surface area contributed by atoms with E-state index < -0.39 is 5.41 Å². The van der Waals surface area contributed by atoms with Crippen molar-refractivity contribution in [3.8, 4) is 0 Å². The summed E-state index contributed by atoms with van der Waals surface area (Å²) in [5.41, 5.74) is -0.500.